The lowest BCUT2D eigenvalue weighted by Crippen LogP contribution is -2.44. The van der Waals surface area contributed by atoms with Crippen LogP contribution in [0.1, 0.15) is 13.3 Å². The van der Waals surface area contributed by atoms with Crippen LogP contribution < -0.4 is 5.32 Å². The summed E-state index contributed by atoms with van der Waals surface area (Å²) < 4.78 is 5.34. The fourth-order valence-corrected chi connectivity index (χ4v) is 2.31. The topological polar surface area (TPSA) is 33.6 Å². The average Bonchev–Trinajstić information content (AvgIpc) is 2.62. The number of nitrogens with zero attached hydrogens (tertiary/aromatic N) is 1. The number of rotatable bonds is 1. The number of ether oxygens (including phenoxy) is 1. The second kappa shape index (κ2) is 3.26. The van der Waals surface area contributed by atoms with Gasteiger partial charge in [0.1, 0.15) is 0 Å². The highest BCUT2D eigenvalue weighted by atomic mass is 32.2. The quantitative estimate of drug-likeness (QED) is 0.659. The summed E-state index contributed by atoms with van der Waals surface area (Å²) in [6.45, 7) is 4.85. The molecule has 0 aromatic carbocycles. The van der Waals surface area contributed by atoms with Crippen LogP contribution in [0.15, 0.2) is 4.99 Å². The van der Waals surface area contributed by atoms with Gasteiger partial charge in [0.05, 0.1) is 18.7 Å². The van der Waals surface area contributed by atoms with Crippen LogP contribution in [0.3, 0.4) is 0 Å². The van der Waals surface area contributed by atoms with Crippen molar-refractivity contribution in [2.75, 3.05) is 25.5 Å². The Morgan fingerprint density at radius 3 is 3.17 bits per heavy atom. The van der Waals surface area contributed by atoms with Crippen molar-refractivity contribution in [2.45, 2.75) is 18.9 Å². The fraction of sp³-hybridized carbons (Fsp3) is 0.875. The van der Waals surface area contributed by atoms with E-state index in [0.29, 0.717) is 0 Å². The molecule has 0 aliphatic carbocycles. The maximum Gasteiger partial charge on any atom is 0.157 e. The van der Waals surface area contributed by atoms with Crippen molar-refractivity contribution in [1.29, 1.82) is 0 Å². The highest BCUT2D eigenvalue weighted by molar-refractivity contribution is 8.14. The first-order valence-electron chi connectivity index (χ1n) is 4.32. The predicted molar refractivity (Wildman–Crippen MR) is 51.7 cm³/mol. The molecule has 1 saturated heterocycles. The molecule has 3 nitrogen and oxygen atoms in total. The van der Waals surface area contributed by atoms with E-state index in [9.17, 15) is 0 Å². The van der Waals surface area contributed by atoms with Crippen LogP contribution in [0.5, 0.6) is 0 Å². The van der Waals surface area contributed by atoms with Gasteiger partial charge < -0.3 is 10.1 Å². The van der Waals surface area contributed by atoms with E-state index in [2.05, 4.69) is 17.2 Å². The van der Waals surface area contributed by atoms with Crippen LogP contribution in [0.2, 0.25) is 0 Å². The number of nitrogens with one attached hydrogen (secondary N) is 1. The van der Waals surface area contributed by atoms with E-state index in [0.717, 1.165) is 37.1 Å². The number of amidine groups is 1. The monoisotopic (exact) mass is 186 g/mol. The molecule has 2 heterocycles. The average molecular weight is 186 g/mol. The van der Waals surface area contributed by atoms with Crippen molar-refractivity contribution in [2.24, 2.45) is 4.99 Å². The Bertz CT molecular complexity index is 199. The maximum atomic E-state index is 5.34. The highest BCUT2D eigenvalue weighted by Crippen LogP contribution is 2.20. The van der Waals surface area contributed by atoms with E-state index >= 15 is 0 Å². The predicted octanol–water partition coefficient (Wildman–Crippen LogP) is 0.858. The summed E-state index contributed by atoms with van der Waals surface area (Å²) in [5.41, 5.74) is 0.135. The maximum absolute atomic E-state index is 5.34. The van der Waals surface area contributed by atoms with E-state index in [-0.39, 0.29) is 5.54 Å². The number of hydrogen-bond acceptors (Lipinski definition) is 4. The van der Waals surface area contributed by atoms with Gasteiger partial charge >= 0.3 is 0 Å². The van der Waals surface area contributed by atoms with Crippen molar-refractivity contribution in [3.63, 3.8) is 0 Å². The van der Waals surface area contributed by atoms with Crippen LogP contribution in [-0.4, -0.2) is 36.2 Å². The van der Waals surface area contributed by atoms with Gasteiger partial charge in [-0.3, -0.25) is 4.99 Å². The molecule has 1 fully saturated rings. The van der Waals surface area contributed by atoms with E-state index in [1.165, 1.54) is 0 Å². The lowest BCUT2D eigenvalue weighted by molar-refractivity contribution is 0.177. The van der Waals surface area contributed by atoms with Gasteiger partial charge in [0.25, 0.3) is 0 Å². The zero-order valence-electron chi connectivity index (χ0n) is 7.30. The van der Waals surface area contributed by atoms with Gasteiger partial charge in [-0.1, -0.05) is 11.8 Å². The molecule has 2 aliphatic heterocycles. The zero-order chi connectivity index (χ0) is 8.44. The molecule has 0 saturated carbocycles. The molecule has 12 heavy (non-hydrogen) atoms. The minimum absolute atomic E-state index is 0.135. The SMILES string of the molecule is CC1(NC2=NCCS2)CCOC1. The first-order valence-corrected chi connectivity index (χ1v) is 5.30. The van der Waals surface area contributed by atoms with Gasteiger partial charge in [0.15, 0.2) is 5.17 Å². The fourth-order valence-electron chi connectivity index (χ4n) is 1.43. The summed E-state index contributed by atoms with van der Waals surface area (Å²) in [6, 6.07) is 0. The minimum atomic E-state index is 0.135. The molecule has 68 valence electrons. The van der Waals surface area contributed by atoms with Gasteiger partial charge in [-0.05, 0) is 13.3 Å². The van der Waals surface area contributed by atoms with E-state index < -0.39 is 0 Å². The Morgan fingerprint density at radius 1 is 1.67 bits per heavy atom. The molecule has 1 N–H and O–H groups in total. The van der Waals surface area contributed by atoms with Gasteiger partial charge in [-0.2, -0.15) is 0 Å². The Balaban J connectivity index is 1.92. The molecule has 0 aromatic rings. The Labute approximate surface area is 77.0 Å². The van der Waals surface area contributed by atoms with E-state index in [4.69, 9.17) is 4.74 Å². The molecule has 0 amide bonds. The van der Waals surface area contributed by atoms with Crippen molar-refractivity contribution in [3.05, 3.63) is 0 Å². The molecule has 2 aliphatic rings. The first-order chi connectivity index (χ1) is 5.79. The lowest BCUT2D eigenvalue weighted by Gasteiger charge is -2.24. The lowest BCUT2D eigenvalue weighted by atomic mass is 10.0. The van der Waals surface area contributed by atoms with Crippen molar-refractivity contribution >= 4 is 16.9 Å². The van der Waals surface area contributed by atoms with Gasteiger partial charge in [-0.15, -0.1) is 0 Å². The third kappa shape index (κ3) is 1.75. The molecule has 4 heteroatoms. The van der Waals surface area contributed by atoms with Crippen LogP contribution in [0.25, 0.3) is 0 Å². The normalized spacial score (nSPS) is 35.2. The molecule has 0 spiro atoms. The zero-order valence-corrected chi connectivity index (χ0v) is 8.12. The van der Waals surface area contributed by atoms with Gasteiger partial charge in [-0.25, -0.2) is 0 Å². The number of hydrogen-bond donors (Lipinski definition) is 1. The molecule has 1 unspecified atom stereocenters. The van der Waals surface area contributed by atoms with Crippen LogP contribution in [0.4, 0.5) is 0 Å². The third-order valence-corrected chi connectivity index (χ3v) is 3.10. The number of thioether (sulfide) groups is 1. The van der Waals surface area contributed by atoms with Gasteiger partial charge in [0, 0.05) is 12.4 Å². The smallest absolute Gasteiger partial charge is 0.157 e. The molecule has 0 aromatic heterocycles. The van der Waals surface area contributed by atoms with E-state index in [1.807, 2.05) is 11.8 Å². The van der Waals surface area contributed by atoms with Crippen molar-refractivity contribution < 1.29 is 4.74 Å². The highest BCUT2D eigenvalue weighted by Gasteiger charge is 2.30. The minimum Gasteiger partial charge on any atom is -0.379 e. The van der Waals surface area contributed by atoms with Crippen LogP contribution in [0, 0.1) is 0 Å². The van der Waals surface area contributed by atoms with E-state index in [1.54, 1.807) is 0 Å². The summed E-state index contributed by atoms with van der Waals surface area (Å²) in [5, 5.41) is 4.54. The van der Waals surface area contributed by atoms with Crippen LogP contribution >= 0.6 is 11.8 Å². The summed E-state index contributed by atoms with van der Waals surface area (Å²) in [7, 11) is 0. The standard InChI is InChI=1S/C8H14N2OS/c1-8(2-4-11-6-8)10-7-9-3-5-12-7/h2-6H2,1H3,(H,9,10). The molecule has 0 radical (unpaired) electrons. The van der Waals surface area contributed by atoms with Gasteiger partial charge in [0.2, 0.25) is 0 Å². The largest absolute Gasteiger partial charge is 0.379 e. The molecular formula is C8H14N2OS. The molecular weight excluding hydrogens is 172 g/mol. The second-order valence-electron chi connectivity index (χ2n) is 3.52. The first kappa shape index (κ1) is 8.38. The second-order valence-corrected chi connectivity index (χ2v) is 4.61. The van der Waals surface area contributed by atoms with Crippen LogP contribution in [-0.2, 0) is 4.74 Å². The molecule has 2 rings (SSSR count). The Morgan fingerprint density at radius 2 is 2.58 bits per heavy atom. The van der Waals surface area contributed by atoms with Crippen molar-refractivity contribution in [1.82, 2.24) is 5.32 Å². The summed E-state index contributed by atoms with van der Waals surface area (Å²) >= 11 is 1.81. The summed E-state index contributed by atoms with van der Waals surface area (Å²) in [4.78, 5) is 4.36. The Hall–Kier alpha value is -0.220. The summed E-state index contributed by atoms with van der Waals surface area (Å²) in [6.07, 6.45) is 1.09. The molecule has 1 atom stereocenters. The Kier molecular flexibility index (Phi) is 2.28. The molecule has 0 bridgehead atoms. The number of aliphatic imine (C=N–C) groups is 1. The third-order valence-electron chi connectivity index (χ3n) is 2.21. The summed E-state index contributed by atoms with van der Waals surface area (Å²) in [5.74, 6) is 1.12. The van der Waals surface area contributed by atoms with Crippen molar-refractivity contribution in [3.8, 4) is 0 Å².